The fourth-order valence-corrected chi connectivity index (χ4v) is 3.76. The SMILES string of the molecule is CC1=NC2=[N+](C)C(=O)N(C)C(=O)C2C(SCC(=O)Nc2ccccc2C)=N1. The molecule has 0 spiro atoms. The number of carbonyl (C=O) groups is 3. The van der Waals surface area contributed by atoms with Crippen LogP contribution < -0.4 is 5.32 Å². The molecule has 0 fully saturated rings. The molecule has 3 rings (SSSR count). The lowest BCUT2D eigenvalue weighted by molar-refractivity contribution is -0.407. The van der Waals surface area contributed by atoms with Gasteiger partial charge in [-0.15, -0.1) is 0 Å². The highest BCUT2D eigenvalue weighted by Crippen LogP contribution is 2.25. The fourth-order valence-electron chi connectivity index (χ4n) is 2.84. The molecule has 1 aromatic rings. The summed E-state index contributed by atoms with van der Waals surface area (Å²) >= 11 is 1.18. The van der Waals surface area contributed by atoms with Crippen LogP contribution in [0.3, 0.4) is 0 Å². The predicted octanol–water partition coefficient (Wildman–Crippen LogP) is 1.75. The molecule has 27 heavy (non-hydrogen) atoms. The lowest BCUT2D eigenvalue weighted by atomic mass is 10.1. The Bertz CT molecular complexity index is 935. The van der Waals surface area contributed by atoms with Crippen molar-refractivity contribution in [1.29, 1.82) is 0 Å². The number of amides is 4. The Hall–Kier alpha value is -2.81. The highest BCUT2D eigenvalue weighted by molar-refractivity contribution is 8.14. The predicted molar refractivity (Wildman–Crippen MR) is 106 cm³/mol. The minimum atomic E-state index is -0.766. The summed E-state index contributed by atoms with van der Waals surface area (Å²) < 4.78 is 1.35. The van der Waals surface area contributed by atoms with Crippen LogP contribution in [0.1, 0.15) is 12.5 Å². The lowest BCUT2D eigenvalue weighted by Crippen LogP contribution is -2.54. The number of nitrogens with one attached hydrogen (secondary N) is 1. The number of aliphatic imine (C=N–C) groups is 2. The number of aryl methyl sites for hydroxylation is 1. The summed E-state index contributed by atoms with van der Waals surface area (Å²) in [7, 11) is 3.00. The zero-order chi connectivity index (χ0) is 19.7. The van der Waals surface area contributed by atoms with Gasteiger partial charge in [0.1, 0.15) is 5.04 Å². The smallest absolute Gasteiger partial charge is 0.325 e. The van der Waals surface area contributed by atoms with Crippen molar-refractivity contribution in [3.05, 3.63) is 29.8 Å². The standard InChI is InChI=1S/C18H19N5O3S/c1-10-7-5-6-8-12(10)21-13(24)9-27-16-14-15(19-11(2)20-16)22(3)18(26)23(4)17(14)25/h5-8,14H,9H2,1-4H3/p+1. The van der Waals surface area contributed by atoms with Gasteiger partial charge >= 0.3 is 11.9 Å². The van der Waals surface area contributed by atoms with Gasteiger partial charge in [0.05, 0.1) is 19.8 Å². The molecular formula is C18H20N5O3S+. The van der Waals surface area contributed by atoms with E-state index in [1.165, 1.54) is 23.4 Å². The summed E-state index contributed by atoms with van der Waals surface area (Å²) in [4.78, 5) is 46.7. The molecule has 140 valence electrons. The first-order valence-electron chi connectivity index (χ1n) is 8.34. The van der Waals surface area contributed by atoms with Crippen LogP contribution >= 0.6 is 11.8 Å². The van der Waals surface area contributed by atoms with Crippen molar-refractivity contribution in [2.45, 2.75) is 13.8 Å². The van der Waals surface area contributed by atoms with Crippen LogP contribution in [0.25, 0.3) is 0 Å². The number of fused-ring (bicyclic) bond motifs is 1. The largest absolute Gasteiger partial charge is 0.445 e. The third kappa shape index (κ3) is 3.68. The van der Waals surface area contributed by atoms with Gasteiger partial charge in [0, 0.05) is 12.6 Å². The van der Waals surface area contributed by atoms with Crippen molar-refractivity contribution in [2.75, 3.05) is 25.2 Å². The number of amidine groups is 2. The zero-order valence-electron chi connectivity index (χ0n) is 15.5. The molecule has 0 aromatic heterocycles. The van der Waals surface area contributed by atoms with Crippen molar-refractivity contribution in [3.8, 4) is 0 Å². The number of urea groups is 1. The topological polar surface area (TPSA) is 94.2 Å². The molecular weight excluding hydrogens is 366 g/mol. The van der Waals surface area contributed by atoms with Gasteiger partial charge in [-0.3, -0.25) is 9.59 Å². The molecule has 1 atom stereocenters. The third-order valence-corrected chi connectivity index (χ3v) is 5.35. The van der Waals surface area contributed by atoms with Crippen molar-refractivity contribution < 1.29 is 19.0 Å². The maximum atomic E-state index is 12.6. The van der Waals surface area contributed by atoms with Crippen molar-refractivity contribution in [2.24, 2.45) is 15.9 Å². The lowest BCUT2D eigenvalue weighted by Gasteiger charge is -2.26. The van der Waals surface area contributed by atoms with E-state index in [0.717, 1.165) is 16.2 Å². The first kappa shape index (κ1) is 19.0. The van der Waals surface area contributed by atoms with E-state index in [4.69, 9.17) is 0 Å². The average molecular weight is 386 g/mol. The quantitative estimate of drug-likeness (QED) is 0.801. The van der Waals surface area contributed by atoms with E-state index in [-0.39, 0.29) is 11.7 Å². The summed E-state index contributed by atoms with van der Waals surface area (Å²) in [6.45, 7) is 3.61. The second-order valence-corrected chi connectivity index (χ2v) is 7.29. The highest BCUT2D eigenvalue weighted by Gasteiger charge is 2.48. The molecule has 0 radical (unpaired) electrons. The molecule has 2 heterocycles. The minimum Gasteiger partial charge on any atom is -0.325 e. The molecule has 2 aliphatic heterocycles. The monoisotopic (exact) mass is 386 g/mol. The van der Waals surface area contributed by atoms with Gasteiger partial charge in [-0.05, 0) is 18.6 Å². The van der Waals surface area contributed by atoms with Gasteiger partial charge in [-0.25, -0.2) is 9.79 Å². The Morgan fingerprint density at radius 3 is 2.67 bits per heavy atom. The number of para-hydroxylation sites is 1. The van der Waals surface area contributed by atoms with E-state index in [1.54, 1.807) is 14.0 Å². The number of benzene rings is 1. The van der Waals surface area contributed by atoms with Crippen LogP contribution in [0.5, 0.6) is 0 Å². The van der Waals surface area contributed by atoms with Crippen LogP contribution in [-0.2, 0) is 9.59 Å². The summed E-state index contributed by atoms with van der Waals surface area (Å²) in [5, 5.41) is 3.32. The second-order valence-electron chi connectivity index (χ2n) is 6.29. The normalized spacial score (nSPS) is 19.6. The molecule has 1 unspecified atom stereocenters. The maximum Gasteiger partial charge on any atom is 0.445 e. The fraction of sp³-hybridized carbons (Fsp3) is 0.333. The van der Waals surface area contributed by atoms with Crippen LogP contribution in [0, 0.1) is 12.8 Å². The summed E-state index contributed by atoms with van der Waals surface area (Å²) in [5.74, 6) is -0.469. The summed E-state index contributed by atoms with van der Waals surface area (Å²) in [6.07, 6.45) is 0. The number of rotatable bonds is 3. The van der Waals surface area contributed by atoms with Gasteiger partial charge in [0.15, 0.2) is 5.92 Å². The molecule has 4 amide bonds. The van der Waals surface area contributed by atoms with Crippen LogP contribution in [0.2, 0.25) is 0 Å². The van der Waals surface area contributed by atoms with E-state index in [9.17, 15) is 14.4 Å². The van der Waals surface area contributed by atoms with Crippen molar-refractivity contribution in [1.82, 2.24) is 4.90 Å². The Balaban J connectivity index is 1.77. The van der Waals surface area contributed by atoms with E-state index in [0.29, 0.717) is 16.7 Å². The Kier molecular flexibility index (Phi) is 5.22. The molecule has 9 heteroatoms. The highest BCUT2D eigenvalue weighted by atomic mass is 32.2. The van der Waals surface area contributed by atoms with Gasteiger partial charge in [0.2, 0.25) is 11.7 Å². The molecule has 0 saturated carbocycles. The Morgan fingerprint density at radius 2 is 1.96 bits per heavy atom. The van der Waals surface area contributed by atoms with Crippen LogP contribution in [0.15, 0.2) is 34.3 Å². The Labute approximate surface area is 161 Å². The summed E-state index contributed by atoms with van der Waals surface area (Å²) in [6, 6.07) is 7.06. The molecule has 1 N–H and O–H groups in total. The molecule has 0 saturated heterocycles. The average Bonchev–Trinajstić information content (AvgIpc) is 2.64. The van der Waals surface area contributed by atoms with Crippen LogP contribution in [-0.4, -0.2) is 63.9 Å². The molecule has 2 aliphatic rings. The van der Waals surface area contributed by atoms with Gasteiger partial charge in [-0.2, -0.15) is 9.48 Å². The molecule has 1 aromatic carbocycles. The van der Waals surface area contributed by atoms with Gasteiger partial charge in [0.25, 0.3) is 5.84 Å². The number of thioether (sulfide) groups is 1. The number of hydrogen-bond donors (Lipinski definition) is 1. The van der Waals surface area contributed by atoms with E-state index < -0.39 is 17.9 Å². The number of carbonyl (C=O) groups excluding carboxylic acids is 3. The van der Waals surface area contributed by atoms with Crippen LogP contribution in [0.4, 0.5) is 10.5 Å². The first-order valence-corrected chi connectivity index (χ1v) is 9.32. The van der Waals surface area contributed by atoms with Gasteiger partial charge < -0.3 is 5.32 Å². The maximum absolute atomic E-state index is 12.6. The van der Waals surface area contributed by atoms with Crippen molar-refractivity contribution in [3.63, 3.8) is 0 Å². The zero-order valence-corrected chi connectivity index (χ0v) is 16.3. The number of imide groups is 1. The number of nitrogens with zero attached hydrogens (tertiary/aromatic N) is 4. The number of anilines is 1. The number of hydrogen-bond acceptors (Lipinski definition) is 6. The van der Waals surface area contributed by atoms with E-state index in [1.807, 2.05) is 31.2 Å². The first-order chi connectivity index (χ1) is 12.8. The third-order valence-electron chi connectivity index (χ3n) is 4.32. The van der Waals surface area contributed by atoms with Gasteiger partial charge in [-0.1, -0.05) is 35.0 Å². The molecule has 0 bridgehead atoms. The summed E-state index contributed by atoms with van der Waals surface area (Å²) in [5.41, 5.74) is 1.71. The minimum absolute atomic E-state index is 0.0961. The van der Waals surface area contributed by atoms with E-state index in [2.05, 4.69) is 15.3 Å². The molecule has 0 aliphatic carbocycles. The second kappa shape index (κ2) is 7.43. The van der Waals surface area contributed by atoms with E-state index >= 15 is 0 Å². The Morgan fingerprint density at radius 1 is 1.26 bits per heavy atom. The molecule has 8 nitrogen and oxygen atoms in total. The van der Waals surface area contributed by atoms with Crippen molar-refractivity contribution >= 4 is 52.0 Å².